The molecule has 1 aromatic carbocycles. The number of benzene rings is 1. The lowest BCUT2D eigenvalue weighted by Crippen LogP contribution is -2.02. The van der Waals surface area contributed by atoms with Crippen molar-refractivity contribution in [1.29, 1.82) is 0 Å². The molecule has 5 heteroatoms. The Labute approximate surface area is 92.5 Å². The maximum absolute atomic E-state index is 13.3. The molecule has 0 atom stereocenters. The summed E-state index contributed by atoms with van der Waals surface area (Å²) in [6.45, 7) is 0.419. The van der Waals surface area contributed by atoms with Crippen LogP contribution in [0.2, 0.25) is 0 Å². The maximum atomic E-state index is 13.3. The van der Waals surface area contributed by atoms with Crippen molar-refractivity contribution in [2.45, 2.75) is 6.54 Å². The molecule has 0 saturated heterocycles. The van der Waals surface area contributed by atoms with Crippen molar-refractivity contribution in [2.75, 3.05) is 4.72 Å². The Kier molecular flexibility index (Phi) is 2.91. The molecule has 0 unspecified atom stereocenters. The molecular formula is C10H10FN3S. The molecule has 0 radical (unpaired) electrons. The number of anilines is 1. The predicted octanol–water partition coefficient (Wildman–Crippen LogP) is 2.33. The molecule has 1 aromatic heterocycles. The van der Waals surface area contributed by atoms with Gasteiger partial charge < -0.3 is 4.72 Å². The van der Waals surface area contributed by atoms with Crippen LogP contribution >= 0.6 is 12.8 Å². The van der Waals surface area contributed by atoms with Gasteiger partial charge in [0.25, 0.3) is 0 Å². The first-order valence-electron chi connectivity index (χ1n) is 4.46. The van der Waals surface area contributed by atoms with Crippen LogP contribution in [-0.4, -0.2) is 9.78 Å². The molecule has 0 aliphatic carbocycles. The highest BCUT2D eigenvalue weighted by Gasteiger charge is 2.02. The molecule has 0 amide bonds. The first-order valence-corrected chi connectivity index (χ1v) is 4.91. The molecule has 78 valence electrons. The zero-order valence-electron chi connectivity index (χ0n) is 7.89. The topological polar surface area (TPSA) is 29.9 Å². The van der Waals surface area contributed by atoms with Gasteiger partial charge in [0.05, 0.1) is 6.54 Å². The molecule has 2 rings (SSSR count). The lowest BCUT2D eigenvalue weighted by atomic mass is 10.2. The molecule has 0 bridgehead atoms. The Balaban J connectivity index is 2.18. The van der Waals surface area contributed by atoms with Crippen LogP contribution in [0.5, 0.6) is 0 Å². The van der Waals surface area contributed by atoms with Gasteiger partial charge in [-0.15, -0.1) is 0 Å². The van der Waals surface area contributed by atoms with Crippen LogP contribution in [-0.2, 0) is 6.54 Å². The van der Waals surface area contributed by atoms with Gasteiger partial charge in [-0.2, -0.15) is 5.10 Å². The minimum Gasteiger partial charge on any atom is -0.316 e. The fourth-order valence-corrected chi connectivity index (χ4v) is 1.43. The summed E-state index contributed by atoms with van der Waals surface area (Å²) in [4.78, 5) is 0. The SMILES string of the molecule is Fc1ccccc1Cn1ccc(NS)n1. The molecule has 1 N–H and O–H groups in total. The second-order valence-corrected chi connectivity index (χ2v) is 3.33. The Morgan fingerprint density at radius 1 is 1.33 bits per heavy atom. The highest BCUT2D eigenvalue weighted by molar-refractivity contribution is 7.81. The van der Waals surface area contributed by atoms with Gasteiger partial charge in [-0.1, -0.05) is 31.0 Å². The standard InChI is InChI=1S/C10H10FN3S/c11-9-4-2-1-3-8(9)7-14-6-5-10(12-14)13-15/h1-6,15H,7H2,(H,12,13). The summed E-state index contributed by atoms with van der Waals surface area (Å²) < 4.78 is 17.6. The fraction of sp³-hybridized carbons (Fsp3) is 0.100. The van der Waals surface area contributed by atoms with Gasteiger partial charge in [-0.3, -0.25) is 4.68 Å². The van der Waals surface area contributed by atoms with Crippen LogP contribution in [0.1, 0.15) is 5.56 Å². The third-order valence-corrected chi connectivity index (χ3v) is 2.27. The van der Waals surface area contributed by atoms with E-state index in [-0.39, 0.29) is 5.82 Å². The predicted molar refractivity (Wildman–Crippen MR) is 60.3 cm³/mol. The molecule has 0 aliphatic rings. The Morgan fingerprint density at radius 2 is 2.13 bits per heavy atom. The number of rotatable bonds is 3. The van der Waals surface area contributed by atoms with Crippen LogP contribution in [0.25, 0.3) is 0 Å². The number of hydrogen-bond donors (Lipinski definition) is 2. The number of thiol groups is 1. The molecule has 0 aliphatic heterocycles. The summed E-state index contributed by atoms with van der Waals surface area (Å²) >= 11 is 3.87. The highest BCUT2D eigenvalue weighted by Crippen LogP contribution is 2.10. The van der Waals surface area contributed by atoms with Crippen LogP contribution in [0.3, 0.4) is 0 Å². The first-order chi connectivity index (χ1) is 7.29. The van der Waals surface area contributed by atoms with Gasteiger partial charge in [0.2, 0.25) is 0 Å². The van der Waals surface area contributed by atoms with E-state index in [4.69, 9.17) is 0 Å². The summed E-state index contributed by atoms with van der Waals surface area (Å²) in [5.41, 5.74) is 0.617. The maximum Gasteiger partial charge on any atom is 0.157 e. The highest BCUT2D eigenvalue weighted by atomic mass is 32.1. The average Bonchev–Trinajstić information content (AvgIpc) is 2.69. The normalized spacial score (nSPS) is 10.3. The Bertz CT molecular complexity index is 455. The van der Waals surface area contributed by atoms with Gasteiger partial charge in [-0.25, -0.2) is 4.39 Å². The second kappa shape index (κ2) is 4.35. The largest absolute Gasteiger partial charge is 0.316 e. The smallest absolute Gasteiger partial charge is 0.157 e. The molecule has 3 nitrogen and oxygen atoms in total. The minimum absolute atomic E-state index is 0.214. The Morgan fingerprint density at radius 3 is 2.80 bits per heavy atom. The third-order valence-electron chi connectivity index (χ3n) is 2.05. The number of nitrogens with zero attached hydrogens (tertiary/aromatic N) is 2. The molecule has 0 spiro atoms. The second-order valence-electron chi connectivity index (χ2n) is 3.10. The van der Waals surface area contributed by atoms with Gasteiger partial charge in [0, 0.05) is 17.8 Å². The van der Waals surface area contributed by atoms with Gasteiger partial charge in [-0.05, 0) is 6.07 Å². The van der Waals surface area contributed by atoms with E-state index in [0.29, 0.717) is 17.9 Å². The summed E-state index contributed by atoms with van der Waals surface area (Å²) in [6.07, 6.45) is 1.77. The summed E-state index contributed by atoms with van der Waals surface area (Å²) in [6, 6.07) is 8.43. The third kappa shape index (κ3) is 2.30. The van der Waals surface area contributed by atoms with Crippen molar-refractivity contribution >= 4 is 18.6 Å². The summed E-state index contributed by atoms with van der Waals surface area (Å²) in [5, 5.41) is 4.13. The molecule has 1 heterocycles. The van der Waals surface area contributed by atoms with E-state index in [2.05, 4.69) is 22.6 Å². The molecule has 2 aromatic rings. The zero-order valence-corrected chi connectivity index (χ0v) is 8.79. The quantitative estimate of drug-likeness (QED) is 0.782. The van der Waals surface area contributed by atoms with Crippen molar-refractivity contribution in [3.8, 4) is 0 Å². The van der Waals surface area contributed by atoms with Crippen molar-refractivity contribution in [3.63, 3.8) is 0 Å². The monoisotopic (exact) mass is 223 g/mol. The van der Waals surface area contributed by atoms with Gasteiger partial charge in [0.1, 0.15) is 5.82 Å². The number of halogens is 1. The van der Waals surface area contributed by atoms with Crippen molar-refractivity contribution in [1.82, 2.24) is 9.78 Å². The lowest BCUT2D eigenvalue weighted by molar-refractivity contribution is 0.586. The molecular weight excluding hydrogens is 213 g/mol. The van der Waals surface area contributed by atoms with E-state index in [9.17, 15) is 4.39 Å². The van der Waals surface area contributed by atoms with E-state index >= 15 is 0 Å². The average molecular weight is 223 g/mol. The minimum atomic E-state index is -0.214. The molecule has 0 saturated carbocycles. The van der Waals surface area contributed by atoms with Crippen LogP contribution < -0.4 is 4.72 Å². The van der Waals surface area contributed by atoms with Crippen molar-refractivity contribution in [3.05, 3.63) is 47.9 Å². The lowest BCUT2D eigenvalue weighted by Gasteiger charge is -2.02. The zero-order chi connectivity index (χ0) is 10.7. The van der Waals surface area contributed by atoms with Crippen LogP contribution in [0.4, 0.5) is 10.2 Å². The van der Waals surface area contributed by atoms with E-state index in [1.54, 1.807) is 35.1 Å². The molecule has 0 fully saturated rings. The first kappa shape index (κ1) is 10.0. The number of nitrogens with one attached hydrogen (secondary N) is 1. The Hall–Kier alpha value is -1.49. The van der Waals surface area contributed by atoms with Crippen LogP contribution in [0, 0.1) is 5.82 Å². The van der Waals surface area contributed by atoms with E-state index in [0.717, 1.165) is 0 Å². The number of aromatic nitrogens is 2. The fourth-order valence-electron chi connectivity index (χ4n) is 1.31. The van der Waals surface area contributed by atoms with E-state index in [1.807, 2.05) is 0 Å². The summed E-state index contributed by atoms with van der Waals surface area (Å²) in [5.74, 6) is 0.433. The van der Waals surface area contributed by atoms with Crippen molar-refractivity contribution in [2.24, 2.45) is 0 Å². The van der Waals surface area contributed by atoms with Gasteiger partial charge >= 0.3 is 0 Å². The van der Waals surface area contributed by atoms with Gasteiger partial charge in [0.15, 0.2) is 5.82 Å². The summed E-state index contributed by atoms with van der Waals surface area (Å²) in [7, 11) is 0. The van der Waals surface area contributed by atoms with E-state index < -0.39 is 0 Å². The number of hydrogen-bond acceptors (Lipinski definition) is 3. The van der Waals surface area contributed by atoms with E-state index in [1.165, 1.54) is 6.07 Å². The molecule has 15 heavy (non-hydrogen) atoms. The van der Waals surface area contributed by atoms with Crippen LogP contribution in [0.15, 0.2) is 36.5 Å². The van der Waals surface area contributed by atoms with Crippen molar-refractivity contribution < 1.29 is 4.39 Å².